The predicted molar refractivity (Wildman–Crippen MR) is 74.5 cm³/mol. The monoisotopic (exact) mass is 273 g/mol. The van der Waals surface area contributed by atoms with Crippen molar-refractivity contribution >= 4 is 16.6 Å². The zero-order chi connectivity index (χ0) is 14.1. The molecule has 20 heavy (non-hydrogen) atoms. The van der Waals surface area contributed by atoms with E-state index in [1.165, 1.54) is 6.07 Å². The maximum absolute atomic E-state index is 13.8. The van der Waals surface area contributed by atoms with Crippen molar-refractivity contribution in [2.24, 2.45) is 0 Å². The first kappa shape index (κ1) is 12.6. The topological polar surface area (TPSA) is 40.7 Å². The minimum atomic E-state index is -0.835. The molecule has 3 nitrogen and oxygen atoms in total. The lowest BCUT2D eigenvalue weighted by Gasteiger charge is -2.17. The van der Waals surface area contributed by atoms with E-state index in [0.717, 1.165) is 22.7 Å². The first-order chi connectivity index (χ1) is 9.66. The van der Waals surface area contributed by atoms with Crippen LogP contribution in [-0.2, 0) is 0 Å². The molecule has 0 saturated carbocycles. The highest BCUT2D eigenvalue weighted by atomic mass is 19.2. The first-order valence-corrected chi connectivity index (χ1v) is 6.29. The number of fused-ring (bicyclic) bond motifs is 1. The second-order valence-corrected chi connectivity index (χ2v) is 4.65. The van der Waals surface area contributed by atoms with E-state index in [2.05, 4.69) is 15.5 Å². The number of aromatic amines is 1. The van der Waals surface area contributed by atoms with Crippen LogP contribution in [0.2, 0.25) is 0 Å². The van der Waals surface area contributed by atoms with Gasteiger partial charge >= 0.3 is 0 Å². The Labute approximate surface area is 114 Å². The highest BCUT2D eigenvalue weighted by Crippen LogP contribution is 2.27. The van der Waals surface area contributed by atoms with Crippen molar-refractivity contribution in [3.63, 3.8) is 0 Å². The molecule has 0 radical (unpaired) electrons. The van der Waals surface area contributed by atoms with Gasteiger partial charge in [-0.1, -0.05) is 18.2 Å². The molecule has 5 heteroatoms. The average Bonchev–Trinajstić information content (AvgIpc) is 2.91. The van der Waals surface area contributed by atoms with Crippen molar-refractivity contribution < 1.29 is 8.78 Å². The highest BCUT2D eigenvalue weighted by molar-refractivity contribution is 5.90. The summed E-state index contributed by atoms with van der Waals surface area (Å²) in [6.07, 6.45) is 1.70. The maximum Gasteiger partial charge on any atom is 0.164 e. The van der Waals surface area contributed by atoms with Gasteiger partial charge in [-0.2, -0.15) is 5.10 Å². The molecular formula is C15H13F2N3. The molecule has 2 aromatic carbocycles. The third-order valence-electron chi connectivity index (χ3n) is 3.30. The van der Waals surface area contributed by atoms with Crippen molar-refractivity contribution in [2.75, 3.05) is 5.32 Å². The van der Waals surface area contributed by atoms with Gasteiger partial charge in [0.1, 0.15) is 0 Å². The zero-order valence-corrected chi connectivity index (χ0v) is 10.8. The second-order valence-electron chi connectivity index (χ2n) is 4.65. The van der Waals surface area contributed by atoms with Gasteiger partial charge in [-0.15, -0.1) is 0 Å². The van der Waals surface area contributed by atoms with Crippen molar-refractivity contribution in [2.45, 2.75) is 13.0 Å². The van der Waals surface area contributed by atoms with Crippen LogP contribution in [-0.4, -0.2) is 10.2 Å². The fourth-order valence-electron chi connectivity index (χ4n) is 2.26. The van der Waals surface area contributed by atoms with E-state index >= 15 is 0 Å². The number of halogens is 2. The van der Waals surface area contributed by atoms with Crippen LogP contribution in [0, 0.1) is 11.6 Å². The van der Waals surface area contributed by atoms with Gasteiger partial charge in [0.25, 0.3) is 0 Å². The van der Waals surface area contributed by atoms with Crippen molar-refractivity contribution in [3.8, 4) is 0 Å². The number of H-pyrrole nitrogens is 1. The van der Waals surface area contributed by atoms with Crippen LogP contribution in [0.25, 0.3) is 10.9 Å². The number of nitrogens with zero attached hydrogens (tertiary/aromatic N) is 1. The summed E-state index contributed by atoms with van der Waals surface area (Å²) in [5.41, 5.74) is 2.01. The fourth-order valence-corrected chi connectivity index (χ4v) is 2.26. The van der Waals surface area contributed by atoms with Crippen molar-refractivity contribution in [1.82, 2.24) is 10.2 Å². The average molecular weight is 273 g/mol. The van der Waals surface area contributed by atoms with Gasteiger partial charge in [-0.3, -0.25) is 5.10 Å². The molecule has 2 N–H and O–H groups in total. The van der Waals surface area contributed by atoms with E-state index in [-0.39, 0.29) is 6.04 Å². The van der Waals surface area contributed by atoms with Gasteiger partial charge < -0.3 is 5.32 Å². The van der Waals surface area contributed by atoms with Crippen LogP contribution in [0.3, 0.4) is 0 Å². The molecule has 0 aliphatic rings. The SMILES string of the molecule is CC(Nc1cccc2[nH]ncc12)c1cccc(F)c1F. The molecule has 0 aliphatic carbocycles. The standard InChI is InChI=1S/C15H13F2N3/c1-9(10-4-2-5-12(16)15(10)17)19-13-6-3-7-14-11(13)8-18-20-14/h2-9,19H,1H3,(H,18,20). The minimum absolute atomic E-state index is 0.297. The third kappa shape index (κ3) is 2.11. The highest BCUT2D eigenvalue weighted by Gasteiger charge is 2.15. The molecule has 1 unspecified atom stereocenters. The van der Waals surface area contributed by atoms with Gasteiger partial charge in [0, 0.05) is 16.6 Å². The molecule has 0 bridgehead atoms. The van der Waals surface area contributed by atoms with Gasteiger partial charge in [0.05, 0.1) is 17.8 Å². The quantitative estimate of drug-likeness (QED) is 0.756. The lowest BCUT2D eigenvalue weighted by molar-refractivity contribution is 0.495. The summed E-state index contributed by atoms with van der Waals surface area (Å²) in [5, 5.41) is 10.9. The molecular weight excluding hydrogens is 260 g/mol. The normalized spacial score (nSPS) is 12.6. The summed E-state index contributed by atoms with van der Waals surface area (Å²) in [6, 6.07) is 9.49. The van der Waals surface area contributed by atoms with Crippen molar-refractivity contribution in [1.29, 1.82) is 0 Å². The number of hydrogen-bond donors (Lipinski definition) is 2. The van der Waals surface area contributed by atoms with Gasteiger partial charge in [-0.05, 0) is 25.1 Å². The van der Waals surface area contributed by atoms with E-state index in [1.807, 2.05) is 18.2 Å². The van der Waals surface area contributed by atoms with Crippen LogP contribution in [0.1, 0.15) is 18.5 Å². The number of benzene rings is 2. The summed E-state index contributed by atoms with van der Waals surface area (Å²) in [5.74, 6) is -1.65. The van der Waals surface area contributed by atoms with Crippen LogP contribution < -0.4 is 5.32 Å². The Kier molecular flexibility index (Phi) is 3.10. The van der Waals surface area contributed by atoms with Gasteiger partial charge in [-0.25, -0.2) is 8.78 Å². The van der Waals surface area contributed by atoms with Crippen LogP contribution in [0.4, 0.5) is 14.5 Å². The second kappa shape index (κ2) is 4.92. The number of nitrogens with one attached hydrogen (secondary N) is 2. The summed E-state index contributed by atoms with van der Waals surface area (Å²) in [7, 11) is 0. The molecule has 1 atom stereocenters. The lowest BCUT2D eigenvalue weighted by atomic mass is 10.1. The van der Waals surface area contributed by atoms with E-state index in [4.69, 9.17) is 0 Å². The smallest absolute Gasteiger partial charge is 0.164 e. The Morgan fingerprint density at radius 2 is 1.95 bits per heavy atom. The predicted octanol–water partition coefficient (Wildman–Crippen LogP) is 4.01. The molecule has 0 spiro atoms. The fraction of sp³-hybridized carbons (Fsp3) is 0.133. The third-order valence-corrected chi connectivity index (χ3v) is 3.30. The molecule has 0 saturated heterocycles. The van der Waals surface area contributed by atoms with E-state index < -0.39 is 11.6 Å². The first-order valence-electron chi connectivity index (χ1n) is 6.29. The number of rotatable bonds is 3. The summed E-state index contributed by atoms with van der Waals surface area (Å²) >= 11 is 0. The molecule has 102 valence electrons. The van der Waals surface area contributed by atoms with Gasteiger partial charge in [0.2, 0.25) is 0 Å². The lowest BCUT2D eigenvalue weighted by Crippen LogP contribution is -2.09. The van der Waals surface area contributed by atoms with Gasteiger partial charge in [0.15, 0.2) is 11.6 Å². The van der Waals surface area contributed by atoms with E-state index in [1.54, 1.807) is 19.2 Å². The number of anilines is 1. The molecule has 0 amide bonds. The Bertz CT molecular complexity index is 752. The Hall–Kier alpha value is -2.43. The van der Waals surface area contributed by atoms with Crippen LogP contribution >= 0.6 is 0 Å². The molecule has 0 fully saturated rings. The van der Waals surface area contributed by atoms with E-state index in [0.29, 0.717) is 5.56 Å². The molecule has 1 aromatic heterocycles. The summed E-state index contributed by atoms with van der Waals surface area (Å²) < 4.78 is 27.0. The molecule has 3 rings (SSSR count). The summed E-state index contributed by atoms with van der Waals surface area (Å²) in [6.45, 7) is 1.79. The van der Waals surface area contributed by atoms with E-state index in [9.17, 15) is 8.78 Å². The zero-order valence-electron chi connectivity index (χ0n) is 10.8. The number of aromatic nitrogens is 2. The number of hydrogen-bond acceptors (Lipinski definition) is 2. The molecule has 1 heterocycles. The Morgan fingerprint density at radius 3 is 2.80 bits per heavy atom. The Balaban J connectivity index is 1.94. The Morgan fingerprint density at radius 1 is 1.15 bits per heavy atom. The largest absolute Gasteiger partial charge is 0.378 e. The van der Waals surface area contributed by atoms with Crippen LogP contribution in [0.5, 0.6) is 0 Å². The summed E-state index contributed by atoms with van der Waals surface area (Å²) in [4.78, 5) is 0. The maximum atomic E-state index is 13.8. The van der Waals surface area contributed by atoms with Crippen molar-refractivity contribution in [3.05, 3.63) is 59.8 Å². The minimum Gasteiger partial charge on any atom is -0.378 e. The molecule has 3 aromatic rings. The molecule has 0 aliphatic heterocycles. The van der Waals surface area contributed by atoms with Crippen LogP contribution in [0.15, 0.2) is 42.6 Å².